The largest absolute Gasteiger partial charge is 0.440 e. The number of oxazole rings is 1. The number of nitrogens with zero attached hydrogens (tertiary/aromatic N) is 1. The molecule has 0 unspecified atom stereocenters. The molecule has 2 heteroatoms. The van der Waals surface area contributed by atoms with E-state index in [0.29, 0.717) is 0 Å². The summed E-state index contributed by atoms with van der Waals surface area (Å²) in [5, 5.41) is 0. The molecule has 0 atom stereocenters. The zero-order valence-corrected chi connectivity index (χ0v) is 21.3. The number of benzene rings is 3. The van der Waals surface area contributed by atoms with Crippen LogP contribution in [0.3, 0.4) is 0 Å². The van der Waals surface area contributed by atoms with Crippen molar-refractivity contribution < 1.29 is 4.42 Å². The van der Waals surface area contributed by atoms with Crippen LogP contribution in [0.1, 0.15) is 58.4 Å². The summed E-state index contributed by atoms with van der Waals surface area (Å²) in [5.74, 6) is 1.62. The molecule has 0 saturated heterocycles. The molecule has 35 heavy (non-hydrogen) atoms. The van der Waals surface area contributed by atoms with E-state index in [1.54, 1.807) is 0 Å². The summed E-state index contributed by atoms with van der Waals surface area (Å²) >= 11 is 0. The molecule has 1 heterocycles. The summed E-state index contributed by atoms with van der Waals surface area (Å²) in [6, 6.07) is 31.2. The van der Waals surface area contributed by atoms with Crippen molar-refractivity contribution in [3.63, 3.8) is 0 Å². The highest BCUT2D eigenvalue weighted by Gasteiger charge is 2.17. The lowest BCUT2D eigenvalue weighted by Crippen LogP contribution is -2.04. The molecule has 178 valence electrons. The van der Waals surface area contributed by atoms with Crippen molar-refractivity contribution in [3.8, 4) is 22.6 Å². The summed E-state index contributed by atoms with van der Waals surface area (Å²) in [4.78, 5) is 4.93. The maximum atomic E-state index is 6.34. The Bertz CT molecular complexity index is 1230. The highest BCUT2D eigenvalue weighted by Crippen LogP contribution is 2.33. The first-order valence-corrected chi connectivity index (χ1v) is 12.5. The minimum atomic E-state index is 0.249. The average molecular weight is 462 g/mol. The Labute approximate surface area is 210 Å². The summed E-state index contributed by atoms with van der Waals surface area (Å²) in [5.41, 5.74) is 10.8. The van der Waals surface area contributed by atoms with Crippen LogP contribution in [0.2, 0.25) is 0 Å². The molecule has 0 aliphatic carbocycles. The number of aromatic nitrogens is 1. The zero-order chi connectivity index (χ0) is 24.7. The van der Waals surface area contributed by atoms with Crippen LogP contribution in [0.4, 0.5) is 0 Å². The third-order valence-electron chi connectivity index (χ3n) is 5.85. The predicted molar refractivity (Wildman–Crippen MR) is 147 cm³/mol. The molecule has 0 spiro atoms. The minimum absolute atomic E-state index is 0.249. The highest BCUT2D eigenvalue weighted by atomic mass is 16.4. The zero-order valence-electron chi connectivity index (χ0n) is 21.3. The van der Waals surface area contributed by atoms with Gasteiger partial charge < -0.3 is 4.42 Å². The van der Waals surface area contributed by atoms with Gasteiger partial charge in [0.1, 0.15) is 5.69 Å². The molecule has 4 aromatic rings. The first kappa shape index (κ1) is 24.5. The van der Waals surface area contributed by atoms with Crippen LogP contribution in [-0.4, -0.2) is 4.98 Å². The summed E-state index contributed by atoms with van der Waals surface area (Å²) < 4.78 is 6.34. The Morgan fingerprint density at radius 1 is 0.800 bits per heavy atom. The Hall–Kier alpha value is -3.61. The quantitative estimate of drug-likeness (QED) is 0.244. The highest BCUT2D eigenvalue weighted by molar-refractivity contribution is 5.76. The molecule has 0 saturated carbocycles. The van der Waals surface area contributed by atoms with Gasteiger partial charge in [0.05, 0.1) is 0 Å². The maximum absolute atomic E-state index is 6.34. The van der Waals surface area contributed by atoms with E-state index in [-0.39, 0.29) is 5.41 Å². The third-order valence-corrected chi connectivity index (χ3v) is 5.85. The molecular weight excluding hydrogens is 426 g/mol. The van der Waals surface area contributed by atoms with E-state index in [9.17, 15) is 0 Å². The van der Waals surface area contributed by atoms with Crippen molar-refractivity contribution in [1.82, 2.24) is 4.98 Å². The monoisotopic (exact) mass is 461 g/mol. The van der Waals surface area contributed by atoms with Crippen molar-refractivity contribution in [2.45, 2.75) is 53.4 Å². The lowest BCUT2D eigenvalue weighted by Gasteiger charge is -2.17. The molecule has 0 amide bonds. The van der Waals surface area contributed by atoms with E-state index in [1.807, 2.05) is 36.4 Å². The second kappa shape index (κ2) is 11.2. The van der Waals surface area contributed by atoms with Crippen LogP contribution in [0.25, 0.3) is 28.2 Å². The van der Waals surface area contributed by atoms with E-state index in [4.69, 9.17) is 9.40 Å². The van der Waals surface area contributed by atoms with Crippen molar-refractivity contribution in [3.05, 3.63) is 114 Å². The first-order chi connectivity index (χ1) is 16.9. The fraction of sp³-hybridized carbons (Fsp3) is 0.273. The Balaban J connectivity index is 1.58. The van der Waals surface area contributed by atoms with Gasteiger partial charge in [0.25, 0.3) is 0 Å². The smallest absolute Gasteiger partial charge is 0.195 e. The van der Waals surface area contributed by atoms with Gasteiger partial charge in [0.15, 0.2) is 11.7 Å². The molecule has 0 aliphatic rings. The van der Waals surface area contributed by atoms with Gasteiger partial charge in [0.2, 0.25) is 0 Å². The van der Waals surface area contributed by atoms with Crippen LogP contribution in [-0.2, 0) is 6.42 Å². The van der Waals surface area contributed by atoms with Crippen molar-refractivity contribution >= 4 is 5.57 Å². The molecule has 0 fully saturated rings. The van der Waals surface area contributed by atoms with E-state index in [1.165, 1.54) is 16.7 Å². The topological polar surface area (TPSA) is 26.0 Å². The van der Waals surface area contributed by atoms with Crippen molar-refractivity contribution in [2.24, 2.45) is 5.41 Å². The lowest BCUT2D eigenvalue weighted by atomic mass is 9.88. The number of hydrogen-bond acceptors (Lipinski definition) is 2. The molecule has 0 radical (unpaired) electrons. The summed E-state index contributed by atoms with van der Waals surface area (Å²) in [6.45, 7) is 9.02. The van der Waals surface area contributed by atoms with Crippen LogP contribution < -0.4 is 0 Å². The molecule has 0 aliphatic heterocycles. The number of allylic oxidation sites excluding steroid dienone is 1. The van der Waals surface area contributed by atoms with Gasteiger partial charge in [-0.1, -0.05) is 112 Å². The number of aryl methyl sites for hydroxylation is 1. The molecule has 0 bridgehead atoms. The van der Waals surface area contributed by atoms with Crippen LogP contribution in [0.15, 0.2) is 107 Å². The predicted octanol–water partition coefficient (Wildman–Crippen LogP) is 9.40. The Morgan fingerprint density at radius 2 is 1.37 bits per heavy atom. The molecule has 3 aromatic carbocycles. The number of rotatable bonds is 8. The van der Waals surface area contributed by atoms with E-state index >= 15 is 0 Å². The summed E-state index contributed by atoms with van der Waals surface area (Å²) in [7, 11) is 0. The van der Waals surface area contributed by atoms with E-state index < -0.39 is 0 Å². The molecular formula is C33H35NO. The van der Waals surface area contributed by atoms with Gasteiger partial charge in [-0.3, -0.25) is 0 Å². The fourth-order valence-corrected chi connectivity index (χ4v) is 4.48. The van der Waals surface area contributed by atoms with E-state index in [0.717, 1.165) is 54.2 Å². The maximum Gasteiger partial charge on any atom is 0.195 e. The SMILES string of the molecule is CC(=C=C(CCCc1nc(-c2ccccc2)c(-c2ccccc2)o1)c1ccccc1)CC(C)(C)C. The summed E-state index contributed by atoms with van der Waals surface area (Å²) in [6.07, 6.45) is 3.69. The first-order valence-electron chi connectivity index (χ1n) is 12.5. The molecule has 1 aromatic heterocycles. The molecule has 0 N–H and O–H groups in total. The number of hydrogen-bond donors (Lipinski definition) is 0. The molecule has 4 rings (SSSR count). The van der Waals surface area contributed by atoms with Crippen LogP contribution in [0, 0.1) is 5.41 Å². The van der Waals surface area contributed by atoms with Gasteiger partial charge in [-0.2, -0.15) is 0 Å². The van der Waals surface area contributed by atoms with Gasteiger partial charge in [-0.05, 0) is 42.7 Å². The lowest BCUT2D eigenvalue weighted by molar-refractivity contribution is 0.410. The fourth-order valence-electron chi connectivity index (χ4n) is 4.48. The normalized spacial score (nSPS) is 11.2. The van der Waals surface area contributed by atoms with Crippen LogP contribution in [0.5, 0.6) is 0 Å². The second-order valence-electron chi connectivity index (χ2n) is 10.4. The average Bonchev–Trinajstić information content (AvgIpc) is 3.28. The Kier molecular flexibility index (Phi) is 7.85. The van der Waals surface area contributed by atoms with Gasteiger partial charge in [0, 0.05) is 23.1 Å². The van der Waals surface area contributed by atoms with E-state index in [2.05, 4.69) is 88.0 Å². The van der Waals surface area contributed by atoms with Crippen LogP contribution >= 0.6 is 0 Å². The third kappa shape index (κ3) is 6.94. The Morgan fingerprint density at radius 3 is 1.97 bits per heavy atom. The van der Waals surface area contributed by atoms with Gasteiger partial charge in [-0.25, -0.2) is 4.98 Å². The van der Waals surface area contributed by atoms with Gasteiger partial charge >= 0.3 is 0 Å². The van der Waals surface area contributed by atoms with Gasteiger partial charge in [-0.15, -0.1) is 5.73 Å². The second-order valence-corrected chi connectivity index (χ2v) is 10.4. The van der Waals surface area contributed by atoms with Crippen molar-refractivity contribution in [1.29, 1.82) is 0 Å². The standard InChI is InChI=1S/C33H35NO/c1-25(24-33(2,3)4)23-29(26-15-8-5-9-16-26)21-14-22-30-34-31(27-17-10-6-11-18-27)32(35-30)28-19-12-7-13-20-28/h5-13,15-20H,14,21-22,24H2,1-4H3. The minimum Gasteiger partial charge on any atom is -0.440 e. The van der Waals surface area contributed by atoms with Crippen molar-refractivity contribution in [2.75, 3.05) is 0 Å². The molecule has 2 nitrogen and oxygen atoms in total.